The summed E-state index contributed by atoms with van der Waals surface area (Å²) in [6.07, 6.45) is 0. The fourth-order valence-electron chi connectivity index (χ4n) is 2.11. The average Bonchev–Trinajstić information content (AvgIpc) is 2.65. The normalized spacial score (nSPS) is 10.7. The van der Waals surface area contributed by atoms with E-state index in [1.807, 2.05) is 13.8 Å². The Bertz CT molecular complexity index is 709. The zero-order chi connectivity index (χ0) is 15.7. The van der Waals surface area contributed by atoms with Crippen molar-refractivity contribution in [2.24, 2.45) is 7.05 Å². The first kappa shape index (κ1) is 15.0. The highest BCUT2D eigenvalue weighted by atomic mass is 19.1. The number of carbonyl (C=O) groups excluding carboxylic acids is 1. The molecule has 0 spiro atoms. The van der Waals surface area contributed by atoms with E-state index in [1.54, 1.807) is 11.7 Å². The Morgan fingerprint density at radius 1 is 1.38 bits per heavy atom. The predicted molar refractivity (Wildman–Crippen MR) is 74.6 cm³/mol. The molecule has 0 radical (unpaired) electrons. The van der Waals surface area contributed by atoms with Gasteiger partial charge in [0.2, 0.25) is 0 Å². The molecule has 0 aliphatic carbocycles. The van der Waals surface area contributed by atoms with Crippen molar-refractivity contribution in [3.63, 3.8) is 0 Å². The van der Waals surface area contributed by atoms with E-state index in [9.17, 15) is 13.6 Å². The quantitative estimate of drug-likeness (QED) is 0.848. The van der Waals surface area contributed by atoms with Crippen LogP contribution in [-0.4, -0.2) is 15.7 Å². The van der Waals surface area contributed by atoms with Gasteiger partial charge in [0.15, 0.2) is 5.82 Å². The van der Waals surface area contributed by atoms with Crippen LogP contribution in [0.5, 0.6) is 0 Å². The molecule has 1 amide bonds. The van der Waals surface area contributed by atoms with Crippen LogP contribution in [0.25, 0.3) is 0 Å². The Morgan fingerprint density at radius 2 is 2.05 bits per heavy atom. The number of benzene rings is 1. The van der Waals surface area contributed by atoms with Gasteiger partial charge in [-0.1, -0.05) is 0 Å². The molecule has 5 nitrogen and oxygen atoms in total. The summed E-state index contributed by atoms with van der Waals surface area (Å²) in [7, 11) is 1.79. The van der Waals surface area contributed by atoms with E-state index in [4.69, 9.17) is 5.73 Å². The van der Waals surface area contributed by atoms with Crippen LogP contribution < -0.4 is 11.1 Å². The SMILES string of the molecule is Cc1nn(C)c(C)c1CNC(=O)c1cc(F)cc(N)c1F. The average molecular weight is 294 g/mol. The summed E-state index contributed by atoms with van der Waals surface area (Å²) in [4.78, 5) is 12.0. The lowest BCUT2D eigenvalue weighted by Crippen LogP contribution is -2.25. The van der Waals surface area contributed by atoms with Gasteiger partial charge in [0, 0.05) is 24.8 Å². The number of amides is 1. The second-order valence-corrected chi connectivity index (χ2v) is 4.81. The van der Waals surface area contributed by atoms with Gasteiger partial charge in [0.1, 0.15) is 5.82 Å². The zero-order valence-electron chi connectivity index (χ0n) is 12.0. The third-order valence-electron chi connectivity index (χ3n) is 3.39. The van der Waals surface area contributed by atoms with Crippen LogP contribution in [0.2, 0.25) is 0 Å². The summed E-state index contributed by atoms with van der Waals surface area (Å²) < 4.78 is 28.7. The van der Waals surface area contributed by atoms with E-state index < -0.39 is 28.8 Å². The molecule has 21 heavy (non-hydrogen) atoms. The first-order chi connectivity index (χ1) is 9.81. The first-order valence-electron chi connectivity index (χ1n) is 6.33. The lowest BCUT2D eigenvalue weighted by molar-refractivity contribution is 0.0946. The van der Waals surface area contributed by atoms with Crippen molar-refractivity contribution < 1.29 is 13.6 Å². The minimum Gasteiger partial charge on any atom is -0.396 e. The Kier molecular flexibility index (Phi) is 3.93. The number of hydrogen-bond acceptors (Lipinski definition) is 3. The third kappa shape index (κ3) is 2.86. The van der Waals surface area contributed by atoms with E-state index in [2.05, 4.69) is 10.4 Å². The number of nitrogens with one attached hydrogen (secondary N) is 1. The van der Waals surface area contributed by atoms with E-state index in [0.717, 1.165) is 29.1 Å². The van der Waals surface area contributed by atoms with Crippen molar-refractivity contribution in [1.29, 1.82) is 0 Å². The number of nitrogens with zero attached hydrogens (tertiary/aromatic N) is 2. The summed E-state index contributed by atoms with van der Waals surface area (Å²) in [5.74, 6) is -2.40. The Labute approximate surface area is 120 Å². The van der Waals surface area contributed by atoms with Crippen LogP contribution in [0.1, 0.15) is 27.3 Å². The minimum absolute atomic E-state index is 0.181. The molecule has 2 rings (SSSR count). The molecule has 1 aromatic carbocycles. The van der Waals surface area contributed by atoms with Gasteiger partial charge in [0.25, 0.3) is 5.91 Å². The van der Waals surface area contributed by atoms with E-state index in [-0.39, 0.29) is 6.54 Å². The highest BCUT2D eigenvalue weighted by Crippen LogP contribution is 2.18. The molecule has 0 aliphatic heterocycles. The number of hydrogen-bond donors (Lipinski definition) is 2. The number of nitrogens with two attached hydrogens (primary N) is 1. The van der Waals surface area contributed by atoms with Crippen molar-refractivity contribution >= 4 is 11.6 Å². The second kappa shape index (κ2) is 5.51. The lowest BCUT2D eigenvalue weighted by atomic mass is 10.1. The molecular weight excluding hydrogens is 278 g/mol. The molecule has 2 aromatic rings. The van der Waals surface area contributed by atoms with Crippen molar-refractivity contribution in [3.05, 3.63) is 46.3 Å². The molecule has 0 unspecified atom stereocenters. The van der Waals surface area contributed by atoms with Crippen LogP contribution in [0.3, 0.4) is 0 Å². The Morgan fingerprint density at radius 3 is 2.62 bits per heavy atom. The first-order valence-corrected chi connectivity index (χ1v) is 6.33. The van der Waals surface area contributed by atoms with E-state index >= 15 is 0 Å². The summed E-state index contributed by atoms with van der Waals surface area (Å²) in [5.41, 5.74) is 7.02. The molecule has 0 bridgehead atoms. The topological polar surface area (TPSA) is 72.9 Å². The summed E-state index contributed by atoms with van der Waals surface area (Å²) >= 11 is 0. The van der Waals surface area contributed by atoms with Crippen molar-refractivity contribution in [1.82, 2.24) is 15.1 Å². The molecule has 0 atom stereocenters. The maximum atomic E-state index is 13.8. The highest BCUT2D eigenvalue weighted by molar-refractivity contribution is 5.95. The number of carbonyl (C=O) groups is 1. The number of nitrogen functional groups attached to an aromatic ring is 1. The molecule has 1 heterocycles. The third-order valence-corrected chi connectivity index (χ3v) is 3.39. The summed E-state index contributed by atoms with van der Waals surface area (Å²) in [6.45, 7) is 3.86. The second-order valence-electron chi connectivity index (χ2n) is 4.81. The molecule has 3 N–H and O–H groups in total. The smallest absolute Gasteiger partial charge is 0.254 e. The number of anilines is 1. The number of rotatable bonds is 3. The van der Waals surface area contributed by atoms with Crippen LogP contribution >= 0.6 is 0 Å². The molecule has 0 fully saturated rings. The maximum absolute atomic E-state index is 13.8. The maximum Gasteiger partial charge on any atom is 0.254 e. The van der Waals surface area contributed by atoms with Gasteiger partial charge in [-0.05, 0) is 26.0 Å². The van der Waals surface area contributed by atoms with Crippen LogP contribution in [-0.2, 0) is 13.6 Å². The van der Waals surface area contributed by atoms with Gasteiger partial charge in [-0.2, -0.15) is 5.10 Å². The molecule has 7 heteroatoms. The van der Waals surface area contributed by atoms with Gasteiger partial charge in [-0.3, -0.25) is 9.48 Å². The molecule has 1 aromatic heterocycles. The van der Waals surface area contributed by atoms with E-state index in [0.29, 0.717) is 0 Å². The fraction of sp³-hybridized carbons (Fsp3) is 0.286. The predicted octanol–water partition coefficient (Wildman–Crippen LogP) is 1.83. The van der Waals surface area contributed by atoms with Crippen LogP contribution in [0.4, 0.5) is 14.5 Å². The largest absolute Gasteiger partial charge is 0.396 e. The summed E-state index contributed by atoms with van der Waals surface area (Å²) in [5, 5.41) is 6.77. The Hall–Kier alpha value is -2.44. The fourth-order valence-corrected chi connectivity index (χ4v) is 2.11. The number of aromatic nitrogens is 2. The van der Waals surface area contributed by atoms with Crippen molar-refractivity contribution in [2.45, 2.75) is 20.4 Å². The molecule has 112 valence electrons. The van der Waals surface area contributed by atoms with E-state index in [1.165, 1.54) is 0 Å². The van der Waals surface area contributed by atoms with Gasteiger partial charge in [-0.25, -0.2) is 8.78 Å². The molecular formula is C14H16F2N4O. The van der Waals surface area contributed by atoms with Gasteiger partial charge in [-0.15, -0.1) is 0 Å². The highest BCUT2D eigenvalue weighted by Gasteiger charge is 2.17. The Balaban J connectivity index is 2.19. The number of aryl methyl sites for hydroxylation is 2. The van der Waals surface area contributed by atoms with Crippen molar-refractivity contribution in [2.75, 3.05) is 5.73 Å². The molecule has 0 aliphatic rings. The van der Waals surface area contributed by atoms with Crippen molar-refractivity contribution in [3.8, 4) is 0 Å². The summed E-state index contributed by atoms with van der Waals surface area (Å²) in [6, 6.07) is 1.66. The zero-order valence-corrected chi connectivity index (χ0v) is 12.0. The minimum atomic E-state index is -0.923. The van der Waals surface area contributed by atoms with Crippen LogP contribution in [0, 0.1) is 25.5 Å². The number of halogens is 2. The van der Waals surface area contributed by atoms with Crippen LogP contribution in [0.15, 0.2) is 12.1 Å². The lowest BCUT2D eigenvalue weighted by Gasteiger charge is -2.08. The monoisotopic (exact) mass is 294 g/mol. The standard InChI is InChI=1S/C14H16F2N4O/c1-7-11(8(2)20(3)19-7)6-18-14(21)10-4-9(15)5-12(17)13(10)16/h4-5H,6,17H2,1-3H3,(H,18,21). The molecule has 0 saturated heterocycles. The van der Waals surface area contributed by atoms with Gasteiger partial charge in [0.05, 0.1) is 16.9 Å². The van der Waals surface area contributed by atoms with Gasteiger partial charge >= 0.3 is 0 Å². The molecule has 0 saturated carbocycles. The van der Waals surface area contributed by atoms with Gasteiger partial charge < -0.3 is 11.1 Å².